The molecule has 9 heteroatoms. The molecule has 1 N–H and O–H groups in total. The van der Waals surface area contributed by atoms with E-state index in [0.29, 0.717) is 51.7 Å². The van der Waals surface area contributed by atoms with E-state index in [1.54, 1.807) is 0 Å². The van der Waals surface area contributed by atoms with Crippen molar-refractivity contribution in [3.05, 3.63) is 0 Å². The van der Waals surface area contributed by atoms with Crippen molar-refractivity contribution in [1.82, 2.24) is 8.77 Å². The Balaban J connectivity index is 1.78. The highest BCUT2D eigenvalue weighted by Crippen LogP contribution is 2.25. The van der Waals surface area contributed by atoms with E-state index in [1.807, 2.05) is 0 Å². The van der Waals surface area contributed by atoms with Crippen molar-refractivity contribution in [2.75, 3.05) is 39.5 Å². The monoisotopic (exact) mass is 392 g/mol. The van der Waals surface area contributed by atoms with Gasteiger partial charge < -0.3 is 9.47 Å². The zero-order valence-corrected chi connectivity index (χ0v) is 16.5. The van der Waals surface area contributed by atoms with Crippen LogP contribution < -0.4 is 0 Å². The van der Waals surface area contributed by atoms with Crippen LogP contribution >= 0.6 is 0 Å². The van der Waals surface area contributed by atoms with Gasteiger partial charge in [-0.2, -0.15) is 12.7 Å². The smallest absolute Gasteiger partial charge is 0.329 e. The lowest BCUT2D eigenvalue weighted by atomic mass is 9.95. The molecule has 2 saturated heterocycles. The van der Waals surface area contributed by atoms with Crippen molar-refractivity contribution in [1.29, 1.82) is 0 Å². The Morgan fingerprint density at radius 2 is 1.85 bits per heavy atom. The highest BCUT2D eigenvalue weighted by molar-refractivity contribution is 7.87. The topological polar surface area (TPSA) is 96.4 Å². The average molecular weight is 393 g/mol. The predicted octanol–water partition coefficient (Wildman–Crippen LogP) is 1.79. The molecule has 1 amide bonds. The molecule has 2 fully saturated rings. The summed E-state index contributed by atoms with van der Waals surface area (Å²) in [6.07, 6.45) is 5.40. The van der Waals surface area contributed by atoms with Gasteiger partial charge in [-0.05, 0) is 44.4 Å². The van der Waals surface area contributed by atoms with Gasteiger partial charge in [0, 0.05) is 45.4 Å². The Morgan fingerprint density at radius 3 is 2.46 bits per heavy atom. The van der Waals surface area contributed by atoms with Crippen LogP contribution in [0.1, 0.15) is 51.9 Å². The van der Waals surface area contributed by atoms with Gasteiger partial charge >= 0.3 is 10.2 Å². The van der Waals surface area contributed by atoms with Gasteiger partial charge in [0.05, 0.1) is 0 Å². The number of rotatable bonds is 9. The zero-order valence-electron chi connectivity index (χ0n) is 15.6. The van der Waals surface area contributed by atoms with Crippen molar-refractivity contribution in [2.24, 2.45) is 11.8 Å². The van der Waals surface area contributed by atoms with Crippen molar-refractivity contribution in [3.8, 4) is 0 Å². The standard InChI is InChI=1S/C17H32N2O6S/c1-2-3-11-24-12-6-15-4-9-18(10-5-15)26(22,23)19(21)17(20)16-7-13-25-14-8-16/h15-16,21H,2-14H2,1H3. The molecule has 0 saturated carbocycles. The van der Waals surface area contributed by atoms with E-state index >= 15 is 0 Å². The van der Waals surface area contributed by atoms with Crippen molar-refractivity contribution < 1.29 is 27.9 Å². The lowest BCUT2D eigenvalue weighted by Crippen LogP contribution is -2.50. The molecule has 2 heterocycles. The molecule has 2 aliphatic heterocycles. The van der Waals surface area contributed by atoms with Gasteiger partial charge in [-0.15, -0.1) is 0 Å². The molecule has 0 aromatic heterocycles. The highest BCUT2D eigenvalue weighted by Gasteiger charge is 2.38. The van der Waals surface area contributed by atoms with Gasteiger partial charge in [0.15, 0.2) is 0 Å². The normalized spacial score (nSPS) is 21.0. The van der Waals surface area contributed by atoms with Crippen LogP contribution in [0, 0.1) is 11.8 Å². The minimum absolute atomic E-state index is 0.0445. The summed E-state index contributed by atoms with van der Waals surface area (Å²) in [5.74, 6) is -0.831. The lowest BCUT2D eigenvalue weighted by molar-refractivity contribution is -0.154. The summed E-state index contributed by atoms with van der Waals surface area (Å²) < 4.78 is 37.0. The number of amides is 1. The second-order valence-corrected chi connectivity index (χ2v) is 8.83. The third-order valence-corrected chi connectivity index (χ3v) is 6.82. The number of ether oxygens (including phenoxy) is 2. The fourth-order valence-electron chi connectivity index (χ4n) is 3.35. The summed E-state index contributed by atoms with van der Waals surface area (Å²) in [5, 5.41) is 10.0. The highest BCUT2D eigenvalue weighted by atomic mass is 32.2. The second kappa shape index (κ2) is 10.6. The number of piperidine rings is 1. The third-order valence-electron chi connectivity index (χ3n) is 5.19. The Kier molecular flexibility index (Phi) is 8.75. The van der Waals surface area contributed by atoms with Crippen molar-refractivity contribution in [2.45, 2.75) is 51.9 Å². The number of hydrogen-bond acceptors (Lipinski definition) is 6. The number of hydrogen-bond donors (Lipinski definition) is 1. The van der Waals surface area contributed by atoms with Crippen LogP contribution in [-0.2, 0) is 24.5 Å². The van der Waals surface area contributed by atoms with Crippen LogP contribution in [0.2, 0.25) is 0 Å². The van der Waals surface area contributed by atoms with E-state index in [1.165, 1.54) is 4.31 Å². The van der Waals surface area contributed by atoms with Gasteiger partial charge in [-0.3, -0.25) is 10.0 Å². The van der Waals surface area contributed by atoms with Gasteiger partial charge in [0.1, 0.15) is 0 Å². The molecule has 0 bridgehead atoms. The Hall–Kier alpha value is -0.740. The number of carbonyl (C=O) groups excluding carboxylic acids is 1. The first kappa shape index (κ1) is 21.6. The van der Waals surface area contributed by atoms with Crippen LogP contribution in [0.15, 0.2) is 0 Å². The molecular weight excluding hydrogens is 360 g/mol. The first-order chi connectivity index (χ1) is 12.5. The van der Waals surface area contributed by atoms with Gasteiger partial charge in [0.25, 0.3) is 5.91 Å². The quantitative estimate of drug-likeness (QED) is 0.365. The third kappa shape index (κ3) is 5.88. The molecule has 8 nitrogen and oxygen atoms in total. The van der Waals surface area contributed by atoms with Crippen molar-refractivity contribution >= 4 is 16.1 Å². The minimum Gasteiger partial charge on any atom is -0.381 e. The first-order valence-corrected chi connectivity index (χ1v) is 11.0. The Bertz CT molecular complexity index is 527. The molecule has 0 unspecified atom stereocenters. The second-order valence-electron chi connectivity index (χ2n) is 7.07. The van der Waals surface area contributed by atoms with E-state index < -0.39 is 22.0 Å². The van der Waals surface area contributed by atoms with E-state index in [4.69, 9.17) is 9.47 Å². The SMILES string of the molecule is CCCCOCCC1CCN(S(=O)(=O)N(O)C(=O)C2CCOCC2)CC1. The summed E-state index contributed by atoms with van der Waals surface area (Å²) >= 11 is 0. The largest absolute Gasteiger partial charge is 0.381 e. The van der Waals surface area contributed by atoms with Crippen LogP contribution in [0.3, 0.4) is 0 Å². The molecule has 0 spiro atoms. The predicted molar refractivity (Wildman–Crippen MR) is 95.7 cm³/mol. The molecule has 0 atom stereocenters. The minimum atomic E-state index is -4.17. The van der Waals surface area contributed by atoms with E-state index in [-0.39, 0.29) is 4.47 Å². The van der Waals surface area contributed by atoms with Crippen LogP contribution in [0.25, 0.3) is 0 Å². The summed E-state index contributed by atoms with van der Waals surface area (Å²) in [5.41, 5.74) is 0. The first-order valence-electron chi connectivity index (χ1n) is 9.65. The summed E-state index contributed by atoms with van der Waals surface area (Å²) in [6, 6.07) is 0. The Labute approximate surface area is 156 Å². The maximum Gasteiger partial charge on any atom is 0.329 e. The summed E-state index contributed by atoms with van der Waals surface area (Å²) in [4.78, 5) is 12.3. The molecule has 0 aromatic rings. The Morgan fingerprint density at radius 1 is 1.19 bits per heavy atom. The fraction of sp³-hybridized carbons (Fsp3) is 0.941. The van der Waals surface area contributed by atoms with Crippen LogP contribution in [-0.4, -0.2) is 67.8 Å². The molecular formula is C17H32N2O6S. The van der Waals surface area contributed by atoms with E-state index in [9.17, 15) is 18.4 Å². The number of unbranched alkanes of at least 4 members (excludes halogenated alkanes) is 1. The maximum absolute atomic E-state index is 12.5. The molecule has 0 aromatic carbocycles. The molecule has 26 heavy (non-hydrogen) atoms. The summed E-state index contributed by atoms with van der Waals surface area (Å²) in [6.45, 7) is 5.06. The molecule has 2 rings (SSSR count). The van der Waals surface area contributed by atoms with Gasteiger partial charge in [-0.25, -0.2) is 0 Å². The van der Waals surface area contributed by atoms with Crippen LogP contribution in [0.5, 0.6) is 0 Å². The van der Waals surface area contributed by atoms with Crippen LogP contribution in [0.4, 0.5) is 0 Å². The molecule has 0 radical (unpaired) electrons. The molecule has 2 aliphatic rings. The van der Waals surface area contributed by atoms with Crippen molar-refractivity contribution in [3.63, 3.8) is 0 Å². The fourth-order valence-corrected chi connectivity index (χ4v) is 4.62. The number of hydroxylamine groups is 1. The maximum atomic E-state index is 12.5. The van der Waals surface area contributed by atoms with E-state index in [2.05, 4.69) is 6.92 Å². The molecule has 0 aliphatic carbocycles. The van der Waals surface area contributed by atoms with E-state index in [0.717, 1.165) is 38.7 Å². The lowest BCUT2D eigenvalue weighted by Gasteiger charge is -2.33. The van der Waals surface area contributed by atoms with Gasteiger partial charge in [0.2, 0.25) is 0 Å². The van der Waals surface area contributed by atoms with Gasteiger partial charge in [-0.1, -0.05) is 17.8 Å². The number of nitrogens with zero attached hydrogens (tertiary/aromatic N) is 2. The number of carbonyl (C=O) groups is 1. The molecule has 152 valence electrons. The zero-order chi connectivity index (χ0) is 19.0. The summed E-state index contributed by atoms with van der Waals surface area (Å²) in [7, 11) is -4.17. The average Bonchev–Trinajstić information content (AvgIpc) is 2.67.